The minimum absolute atomic E-state index is 0.0327. The topological polar surface area (TPSA) is 72.3 Å². The van der Waals surface area contributed by atoms with Crippen LogP contribution in [0.1, 0.15) is 71.9 Å². The molecule has 8 nitrogen and oxygen atoms in total. The van der Waals surface area contributed by atoms with Crippen molar-refractivity contribution in [3.05, 3.63) is 290 Å². The lowest BCUT2D eigenvalue weighted by Gasteiger charge is -2.23. The van der Waals surface area contributed by atoms with E-state index in [9.17, 15) is 9.59 Å². The Kier molecular flexibility index (Phi) is 16.0. The average Bonchev–Trinajstić information content (AvgIpc) is 1.62. The van der Waals surface area contributed by atoms with Gasteiger partial charge in [-0.15, -0.1) is 0 Å². The fourth-order valence-corrected chi connectivity index (χ4v) is 13.9. The van der Waals surface area contributed by atoms with Gasteiger partial charge < -0.3 is 27.7 Å². The van der Waals surface area contributed by atoms with Crippen LogP contribution in [0.25, 0.3) is 132 Å². The molecular weight excluding hydrogens is 1180 g/mol. The summed E-state index contributed by atoms with van der Waals surface area (Å²) in [5.41, 5.74) is 20.3. The van der Waals surface area contributed by atoms with Crippen molar-refractivity contribution >= 4 is 99.2 Å². The Morgan fingerprint density at radius 3 is 0.938 bits per heavy atom. The van der Waals surface area contributed by atoms with Crippen LogP contribution in [0.3, 0.4) is 0 Å². The zero-order valence-corrected chi connectivity index (χ0v) is 55.2. The summed E-state index contributed by atoms with van der Waals surface area (Å²) in [6.45, 7) is 12.7. The molecule has 0 saturated carbocycles. The summed E-state index contributed by atoms with van der Waals surface area (Å²) in [6, 6.07) is 99.8. The number of carbonyl (C=O) groups excluding carboxylic acids is 2. The van der Waals surface area contributed by atoms with Gasteiger partial charge in [0.1, 0.15) is 5.60 Å². The molecule has 0 amide bonds. The highest BCUT2D eigenvalue weighted by atomic mass is 16.6. The molecule has 0 bridgehead atoms. The third-order valence-electron chi connectivity index (χ3n) is 19.6. The molecule has 0 N–H and O–H groups in total. The van der Waals surface area contributed by atoms with Crippen molar-refractivity contribution in [3.8, 4) is 45.0 Å². The number of carbonyl (C=O) groups is 2. The second-order valence-corrected chi connectivity index (χ2v) is 26.8. The first-order chi connectivity index (χ1) is 46.8. The van der Waals surface area contributed by atoms with E-state index >= 15 is 0 Å². The first-order valence-electron chi connectivity index (χ1n) is 33.6. The molecule has 0 saturated heterocycles. The van der Waals surface area contributed by atoms with Crippen LogP contribution in [0.2, 0.25) is 0 Å². The van der Waals surface area contributed by atoms with Crippen LogP contribution in [0, 0.1) is 5.41 Å². The van der Waals surface area contributed by atoms with Gasteiger partial charge in [0.05, 0.1) is 63.6 Å². The maximum atomic E-state index is 12.7. The molecule has 0 radical (unpaired) electrons. The molecule has 4 aromatic heterocycles. The van der Waals surface area contributed by atoms with Crippen LogP contribution in [0.15, 0.2) is 279 Å². The number of benzene rings is 12. The van der Waals surface area contributed by atoms with Crippen molar-refractivity contribution < 1.29 is 19.1 Å². The lowest BCUT2D eigenvalue weighted by molar-refractivity contribution is -0.155. The fraction of sp³-hybridized carbons (Fsp3) is 0.159. The molecular formula is C88H76N4O4. The first kappa shape index (κ1) is 61.0. The first-order valence-corrected chi connectivity index (χ1v) is 33.6. The molecule has 16 aromatic rings. The van der Waals surface area contributed by atoms with Gasteiger partial charge in [0.25, 0.3) is 0 Å². The van der Waals surface area contributed by atoms with Gasteiger partial charge in [-0.05, 0) is 168 Å². The van der Waals surface area contributed by atoms with Crippen LogP contribution in [0.5, 0.6) is 0 Å². The monoisotopic (exact) mass is 1250 g/mol. The van der Waals surface area contributed by atoms with Crippen molar-refractivity contribution in [2.45, 2.75) is 79.2 Å². The van der Waals surface area contributed by atoms with Gasteiger partial charge >= 0.3 is 11.9 Å². The summed E-state index contributed by atoms with van der Waals surface area (Å²) in [7, 11) is 0. The minimum Gasteiger partial charge on any atom is -0.465 e. The largest absolute Gasteiger partial charge is 0.465 e. The van der Waals surface area contributed by atoms with Crippen molar-refractivity contribution in [2.75, 3.05) is 6.61 Å². The highest BCUT2D eigenvalue weighted by Gasteiger charge is 2.24. The quantitative estimate of drug-likeness (QED) is 0.0904. The predicted molar refractivity (Wildman–Crippen MR) is 399 cm³/mol. The Balaban J connectivity index is 0.000000158. The predicted octanol–water partition coefficient (Wildman–Crippen LogP) is 22.3. The molecule has 0 atom stereocenters. The van der Waals surface area contributed by atoms with E-state index in [1.165, 1.54) is 82.2 Å². The zero-order valence-electron chi connectivity index (χ0n) is 55.2. The molecule has 96 heavy (non-hydrogen) atoms. The highest BCUT2D eigenvalue weighted by Crippen LogP contribution is 2.39. The van der Waals surface area contributed by atoms with E-state index in [4.69, 9.17) is 9.47 Å². The second kappa shape index (κ2) is 25.3. The van der Waals surface area contributed by atoms with Crippen LogP contribution in [-0.4, -0.2) is 42.4 Å². The van der Waals surface area contributed by atoms with E-state index < -0.39 is 5.60 Å². The maximum absolute atomic E-state index is 12.7. The summed E-state index contributed by atoms with van der Waals surface area (Å²) < 4.78 is 20.7. The van der Waals surface area contributed by atoms with Crippen LogP contribution in [-0.2, 0) is 31.9 Å². The van der Waals surface area contributed by atoms with Gasteiger partial charge in [0.15, 0.2) is 0 Å². The van der Waals surface area contributed by atoms with Gasteiger partial charge in [0, 0.05) is 72.3 Å². The average molecular weight is 1250 g/mol. The summed E-state index contributed by atoms with van der Waals surface area (Å²) in [6.07, 6.45) is 3.12. The van der Waals surface area contributed by atoms with E-state index in [-0.39, 0.29) is 23.8 Å². The van der Waals surface area contributed by atoms with Crippen molar-refractivity contribution in [3.63, 3.8) is 0 Å². The normalized spacial score (nSPS) is 12.0. The second-order valence-electron chi connectivity index (χ2n) is 26.8. The number of hydrogen-bond donors (Lipinski definition) is 0. The zero-order chi connectivity index (χ0) is 65.7. The van der Waals surface area contributed by atoms with Crippen molar-refractivity contribution in [1.29, 1.82) is 0 Å². The number of rotatable bonds is 16. The molecule has 4 heterocycles. The molecule has 0 unspecified atom stereocenters. The number of nitrogens with zero attached hydrogens (tertiary/aromatic N) is 4. The SMILES string of the molecule is CCC(C)(C)CC(=O)OCCc1ccc2c(c1)c1ccccc1n2-c1ccc(-c2ccc(-n3c4ccccc4c4ccccc43)cc2)cc1.CCC(C)(C)OC(=O)Cc1ccc2c(c1)c1ccccc1n2-c1ccc(-c2ccc(-n3c4ccccc4c4ccccc43)cc2)cc1. The van der Waals surface area contributed by atoms with Crippen LogP contribution < -0.4 is 0 Å². The van der Waals surface area contributed by atoms with Crippen LogP contribution >= 0.6 is 0 Å². The molecule has 0 aliphatic carbocycles. The van der Waals surface area contributed by atoms with Gasteiger partial charge in [-0.2, -0.15) is 0 Å². The molecule has 8 heteroatoms. The lowest BCUT2D eigenvalue weighted by Crippen LogP contribution is -2.27. The number of hydrogen-bond acceptors (Lipinski definition) is 4. The highest BCUT2D eigenvalue weighted by molar-refractivity contribution is 6.12. The van der Waals surface area contributed by atoms with Gasteiger partial charge in [-0.25, -0.2) is 0 Å². The Bertz CT molecular complexity index is 5480. The Morgan fingerprint density at radius 1 is 0.323 bits per heavy atom. The lowest BCUT2D eigenvalue weighted by atomic mass is 9.87. The fourth-order valence-electron chi connectivity index (χ4n) is 13.9. The van der Waals surface area contributed by atoms with E-state index in [1.54, 1.807) is 0 Å². The van der Waals surface area contributed by atoms with E-state index in [0.717, 1.165) is 74.0 Å². The van der Waals surface area contributed by atoms with Crippen molar-refractivity contribution in [1.82, 2.24) is 18.3 Å². The van der Waals surface area contributed by atoms with E-state index in [1.807, 2.05) is 26.8 Å². The standard InChI is InChI=1S/C45H40N2O2.C43H36N2O2/c1-4-45(2,3)30-44(48)49-28-27-31-17-26-43-39(29-31)38-13-7-10-16-42(38)47(43)35-24-20-33(21-25-35)32-18-22-34(23-19-32)46-40-14-8-5-11-36(40)37-12-6-9-15-41(37)46;1-4-43(2,3)47-42(46)28-29-17-26-41-37(27-29)36-13-7-10-16-40(36)45(41)33-24-20-31(21-25-33)30-18-22-32(23-19-30)44-38-14-8-5-11-34(38)35-12-6-9-15-39(35)44/h5-26,29H,4,27-28,30H2,1-3H3;5-27H,4,28H2,1-3H3. The Morgan fingerprint density at radius 2 is 0.615 bits per heavy atom. The summed E-state index contributed by atoms with van der Waals surface area (Å²) in [5, 5.41) is 9.78. The van der Waals surface area contributed by atoms with Gasteiger partial charge in [-0.3, -0.25) is 9.59 Å². The van der Waals surface area contributed by atoms with E-state index in [2.05, 4.69) is 312 Å². The summed E-state index contributed by atoms with van der Waals surface area (Å²) in [5.74, 6) is -0.314. The Labute approximate surface area is 559 Å². The van der Waals surface area contributed by atoms with Gasteiger partial charge in [0.2, 0.25) is 0 Å². The van der Waals surface area contributed by atoms with Crippen molar-refractivity contribution in [2.24, 2.45) is 5.41 Å². The number of aromatic nitrogens is 4. The third kappa shape index (κ3) is 11.6. The van der Waals surface area contributed by atoms with Crippen LogP contribution in [0.4, 0.5) is 0 Å². The molecule has 0 aliphatic heterocycles. The number of ether oxygens (including phenoxy) is 2. The van der Waals surface area contributed by atoms with E-state index in [0.29, 0.717) is 19.4 Å². The maximum Gasteiger partial charge on any atom is 0.310 e. The Hall–Kier alpha value is -11.2. The molecule has 0 spiro atoms. The smallest absolute Gasteiger partial charge is 0.310 e. The van der Waals surface area contributed by atoms with Gasteiger partial charge in [-0.1, -0.05) is 204 Å². The molecule has 472 valence electrons. The minimum atomic E-state index is -0.461. The number of esters is 2. The molecule has 0 aliphatic rings. The summed E-state index contributed by atoms with van der Waals surface area (Å²) in [4.78, 5) is 25.1. The molecule has 12 aromatic carbocycles. The third-order valence-corrected chi connectivity index (χ3v) is 19.6. The number of fused-ring (bicyclic) bond motifs is 12. The summed E-state index contributed by atoms with van der Waals surface area (Å²) >= 11 is 0. The molecule has 0 fully saturated rings. The number of para-hydroxylation sites is 6. The molecule has 16 rings (SSSR count).